The van der Waals surface area contributed by atoms with E-state index in [2.05, 4.69) is 160 Å². The van der Waals surface area contributed by atoms with E-state index in [1.165, 1.54) is 6.42 Å². The Morgan fingerprint density at radius 2 is 0.821 bits per heavy atom. The SMILES string of the molecule is CC/C=C\C/C=C\C/C=C\C/C=C\C/C=C\C/C=C\CCCCCCCOCC(COP(=O)(O)OCC[N+](C)(C)C)OC(=O)CCCC/C=C\C/C=C\C/C=C\C/C=C\C/C=C\C/C=C\CC. The predicted octanol–water partition coefficient (Wildman–Crippen LogP) is 16.1. The summed E-state index contributed by atoms with van der Waals surface area (Å²) in [6.45, 7) is 5.24. The van der Waals surface area contributed by atoms with Crippen LogP contribution in [0.2, 0.25) is 0 Å². The van der Waals surface area contributed by atoms with Gasteiger partial charge in [-0.05, 0) is 116 Å². The van der Waals surface area contributed by atoms with Crippen molar-refractivity contribution in [2.24, 2.45) is 0 Å². The van der Waals surface area contributed by atoms with Crippen molar-refractivity contribution >= 4 is 13.8 Å². The number of unbranched alkanes of at least 4 members (excludes halogenated alkanes) is 7. The van der Waals surface area contributed by atoms with Gasteiger partial charge in [0.25, 0.3) is 0 Å². The molecule has 0 aromatic carbocycles. The van der Waals surface area contributed by atoms with Gasteiger partial charge in [-0.1, -0.05) is 179 Å². The Morgan fingerprint density at radius 3 is 1.22 bits per heavy atom. The largest absolute Gasteiger partial charge is 0.472 e. The first-order valence-corrected chi connectivity index (χ1v) is 27.1. The van der Waals surface area contributed by atoms with Crippen molar-refractivity contribution < 1.29 is 37.3 Å². The number of rotatable bonds is 45. The van der Waals surface area contributed by atoms with Gasteiger partial charge in [0.05, 0.1) is 34.4 Å². The second-order valence-corrected chi connectivity index (χ2v) is 18.9. The summed E-state index contributed by atoms with van der Waals surface area (Å²) in [4.78, 5) is 23.0. The number of likely N-dealkylation sites (N-methyl/N-ethyl adjacent to an activating group) is 1. The van der Waals surface area contributed by atoms with Gasteiger partial charge in [-0.25, -0.2) is 4.57 Å². The molecular weight excluding hydrogens is 854 g/mol. The third-order valence-corrected chi connectivity index (χ3v) is 10.9. The molecule has 0 saturated carbocycles. The summed E-state index contributed by atoms with van der Waals surface area (Å²) in [5.74, 6) is -0.370. The van der Waals surface area contributed by atoms with Crippen LogP contribution in [0.25, 0.3) is 0 Å². The zero-order chi connectivity index (χ0) is 49.0. The van der Waals surface area contributed by atoms with E-state index < -0.39 is 13.9 Å². The number of allylic oxidation sites excluding steroid dienone is 24. The van der Waals surface area contributed by atoms with Crippen LogP contribution < -0.4 is 0 Å². The average molecular weight is 949 g/mol. The van der Waals surface area contributed by atoms with Crippen LogP contribution >= 0.6 is 7.82 Å². The molecule has 0 aromatic heterocycles. The average Bonchev–Trinajstić information content (AvgIpc) is 3.29. The maximum absolute atomic E-state index is 12.8. The van der Waals surface area contributed by atoms with Crippen molar-refractivity contribution in [3.8, 4) is 0 Å². The van der Waals surface area contributed by atoms with Crippen molar-refractivity contribution in [2.75, 3.05) is 54.1 Å². The summed E-state index contributed by atoms with van der Waals surface area (Å²) in [5, 5.41) is 0. The number of ether oxygens (including phenoxy) is 2. The van der Waals surface area contributed by atoms with Crippen molar-refractivity contribution in [3.63, 3.8) is 0 Å². The molecule has 0 heterocycles. The maximum atomic E-state index is 12.8. The number of hydrogen-bond acceptors (Lipinski definition) is 6. The van der Waals surface area contributed by atoms with E-state index in [4.69, 9.17) is 18.5 Å². The van der Waals surface area contributed by atoms with Crippen LogP contribution in [0.4, 0.5) is 0 Å². The van der Waals surface area contributed by atoms with Gasteiger partial charge in [0, 0.05) is 13.0 Å². The van der Waals surface area contributed by atoms with E-state index >= 15 is 0 Å². The normalized spacial score (nSPS) is 14.8. The topological polar surface area (TPSA) is 91.3 Å². The lowest BCUT2D eigenvalue weighted by molar-refractivity contribution is -0.870. The number of quaternary nitrogens is 1. The van der Waals surface area contributed by atoms with E-state index in [0.717, 1.165) is 122 Å². The third kappa shape index (κ3) is 53.2. The summed E-state index contributed by atoms with van der Waals surface area (Å²) < 4.78 is 35.1. The summed E-state index contributed by atoms with van der Waals surface area (Å²) in [5.41, 5.74) is 0. The van der Waals surface area contributed by atoms with E-state index in [0.29, 0.717) is 24.1 Å². The van der Waals surface area contributed by atoms with Gasteiger partial charge < -0.3 is 18.9 Å². The van der Waals surface area contributed by atoms with Crippen LogP contribution in [0, 0.1) is 0 Å². The third-order valence-electron chi connectivity index (χ3n) is 9.90. The van der Waals surface area contributed by atoms with Crippen LogP contribution in [-0.2, 0) is 27.9 Å². The van der Waals surface area contributed by atoms with Gasteiger partial charge in [0.1, 0.15) is 19.3 Å². The minimum atomic E-state index is -4.31. The smallest absolute Gasteiger partial charge is 0.457 e. The van der Waals surface area contributed by atoms with Gasteiger partial charge in [-0.15, -0.1) is 0 Å². The fourth-order valence-corrected chi connectivity index (χ4v) is 6.77. The maximum Gasteiger partial charge on any atom is 0.472 e. The van der Waals surface area contributed by atoms with Crippen LogP contribution in [0.1, 0.15) is 155 Å². The Hall–Kier alpha value is -3.62. The molecule has 8 nitrogen and oxygen atoms in total. The number of nitrogens with zero attached hydrogens (tertiary/aromatic N) is 1. The van der Waals surface area contributed by atoms with Gasteiger partial charge in [0.2, 0.25) is 0 Å². The molecule has 0 aliphatic carbocycles. The second kappa shape index (κ2) is 48.8. The molecule has 378 valence electrons. The monoisotopic (exact) mass is 949 g/mol. The molecule has 0 aliphatic rings. The lowest BCUT2D eigenvalue weighted by Crippen LogP contribution is -2.37. The zero-order valence-corrected chi connectivity index (χ0v) is 43.7. The molecule has 1 N–H and O–H groups in total. The fraction of sp³-hybridized carbons (Fsp3) is 0.569. The summed E-state index contributed by atoms with van der Waals surface area (Å²) in [7, 11) is 1.59. The first-order valence-electron chi connectivity index (χ1n) is 25.6. The van der Waals surface area contributed by atoms with Gasteiger partial charge in [0.15, 0.2) is 0 Å². The highest BCUT2D eigenvalue weighted by molar-refractivity contribution is 7.47. The Bertz CT molecular complexity index is 1570. The molecule has 2 unspecified atom stereocenters. The molecule has 0 rings (SSSR count). The molecule has 0 aliphatic heterocycles. The lowest BCUT2D eigenvalue weighted by Gasteiger charge is -2.24. The van der Waals surface area contributed by atoms with E-state index in [-0.39, 0.29) is 32.2 Å². The molecule has 0 aromatic rings. The Labute approximate surface area is 410 Å². The number of phosphoric acid groups is 1. The quantitative estimate of drug-likeness (QED) is 0.0214. The summed E-state index contributed by atoms with van der Waals surface area (Å²) >= 11 is 0. The minimum absolute atomic E-state index is 0.0659. The molecule has 2 atom stereocenters. The number of phosphoric ester groups is 1. The molecule has 9 heteroatoms. The van der Waals surface area contributed by atoms with Crippen LogP contribution in [-0.4, -0.2) is 75.6 Å². The van der Waals surface area contributed by atoms with Crippen molar-refractivity contribution in [1.29, 1.82) is 0 Å². The molecule has 0 spiro atoms. The van der Waals surface area contributed by atoms with Crippen LogP contribution in [0.5, 0.6) is 0 Å². The highest BCUT2D eigenvalue weighted by Crippen LogP contribution is 2.43. The molecule has 0 saturated heterocycles. The van der Waals surface area contributed by atoms with E-state index in [1.807, 2.05) is 21.1 Å². The van der Waals surface area contributed by atoms with Crippen LogP contribution in [0.3, 0.4) is 0 Å². The van der Waals surface area contributed by atoms with E-state index in [1.54, 1.807) is 0 Å². The van der Waals surface area contributed by atoms with Gasteiger partial charge >= 0.3 is 13.8 Å². The number of carbonyl (C=O) groups is 1. The molecule has 0 radical (unpaired) electrons. The van der Waals surface area contributed by atoms with Crippen molar-refractivity contribution in [3.05, 3.63) is 146 Å². The lowest BCUT2D eigenvalue weighted by atomic mass is 10.1. The fourth-order valence-electron chi connectivity index (χ4n) is 6.03. The Morgan fingerprint density at radius 1 is 0.463 bits per heavy atom. The highest BCUT2D eigenvalue weighted by Gasteiger charge is 2.26. The van der Waals surface area contributed by atoms with Crippen molar-refractivity contribution in [2.45, 2.75) is 161 Å². The number of esters is 1. The van der Waals surface area contributed by atoms with E-state index in [9.17, 15) is 14.3 Å². The molecule has 0 amide bonds. The minimum Gasteiger partial charge on any atom is -0.457 e. The second-order valence-electron chi connectivity index (χ2n) is 17.4. The molecular formula is C58H95NO7P+. The standard InChI is InChI=1S/C58H94NO7P/c1-6-8-10-12-14-16-18-20-22-24-26-28-29-30-32-34-36-38-40-42-44-46-48-50-53-63-55-57(56-65-67(61,62)64-54-52-59(3,4)5)66-58(60)51-49-47-45-43-41-39-37-35-33-31-27-25-23-21-19-17-15-13-11-9-7-2/h8-11,14-17,20-23,26-28,30-32,35-38,41,43,57H,6-7,12-13,18-19,24-25,29,33-34,39-40,42,44-56H2,1-5H3/p+1/b10-8-,11-9-,16-14-,17-15-,22-20-,23-21-,28-26-,31-27-,32-30-,37-35-,38-36-,43-41-. The molecule has 67 heavy (non-hydrogen) atoms. The first-order chi connectivity index (χ1) is 32.6. The van der Waals surface area contributed by atoms with Gasteiger partial charge in [-0.3, -0.25) is 13.8 Å². The predicted molar refractivity (Wildman–Crippen MR) is 288 cm³/mol. The zero-order valence-electron chi connectivity index (χ0n) is 42.8. The Kier molecular flexibility index (Phi) is 46.2. The summed E-state index contributed by atoms with van der Waals surface area (Å²) in [6.07, 6.45) is 73.3. The highest BCUT2D eigenvalue weighted by atomic mass is 31.2. The van der Waals surface area contributed by atoms with Crippen LogP contribution in [0.15, 0.2) is 146 Å². The number of hydrogen-bond donors (Lipinski definition) is 1. The number of carbonyl (C=O) groups excluding carboxylic acids is 1. The first kappa shape index (κ1) is 63.4. The van der Waals surface area contributed by atoms with Gasteiger partial charge in [-0.2, -0.15) is 0 Å². The van der Waals surface area contributed by atoms with Crippen molar-refractivity contribution in [1.82, 2.24) is 0 Å². The summed E-state index contributed by atoms with van der Waals surface area (Å²) in [6, 6.07) is 0. The Balaban J connectivity index is 4.34. The molecule has 0 bridgehead atoms. The molecule has 0 fully saturated rings.